The number of hydrogen-bond donors (Lipinski definition) is 2. The van der Waals surface area contributed by atoms with Gasteiger partial charge in [0.05, 0.1) is 11.3 Å². The van der Waals surface area contributed by atoms with Crippen LogP contribution in [-0.2, 0) is 11.2 Å². The highest BCUT2D eigenvalue weighted by atomic mass is 35.5. The van der Waals surface area contributed by atoms with Crippen molar-refractivity contribution in [3.8, 4) is 0 Å². The van der Waals surface area contributed by atoms with Gasteiger partial charge in [-0.25, -0.2) is 0 Å². The second-order valence-electron chi connectivity index (χ2n) is 4.77. The number of non-ortho nitro benzene ring substituents is 1. The number of benzene rings is 1. The van der Waals surface area contributed by atoms with Crippen LogP contribution in [0.25, 0.3) is 0 Å². The molecule has 1 aliphatic rings. The predicted octanol–water partition coefficient (Wildman–Crippen LogP) is 1.28. The highest BCUT2D eigenvalue weighted by molar-refractivity contribution is 5.85. The van der Waals surface area contributed by atoms with Gasteiger partial charge in [-0.1, -0.05) is 12.1 Å². The van der Waals surface area contributed by atoms with Crippen molar-refractivity contribution >= 4 is 24.0 Å². The molecule has 1 aliphatic heterocycles. The molecule has 1 aromatic carbocycles. The summed E-state index contributed by atoms with van der Waals surface area (Å²) in [5.41, 5.74) is 0.682. The minimum absolute atomic E-state index is 0. The summed E-state index contributed by atoms with van der Waals surface area (Å²) in [6.45, 7) is 2.61. The summed E-state index contributed by atoms with van der Waals surface area (Å²) in [5, 5.41) is 16.7. The molecule has 110 valence electrons. The molecule has 1 fully saturated rings. The van der Waals surface area contributed by atoms with Crippen molar-refractivity contribution in [2.24, 2.45) is 5.92 Å². The average Bonchev–Trinajstić information content (AvgIpc) is 2.90. The topological polar surface area (TPSA) is 84.3 Å². The van der Waals surface area contributed by atoms with E-state index in [0.29, 0.717) is 18.0 Å². The standard InChI is InChI=1S/C13H17N3O3.ClH/c17-13(15-9-11-4-5-14-8-11)7-10-2-1-3-12(6-10)16(18)19;/h1-3,6,11,14H,4-5,7-9H2,(H,15,17);1H. The van der Waals surface area contributed by atoms with Crippen LogP contribution < -0.4 is 10.6 Å². The number of hydrogen-bond acceptors (Lipinski definition) is 4. The van der Waals surface area contributed by atoms with Crippen molar-refractivity contribution in [2.75, 3.05) is 19.6 Å². The van der Waals surface area contributed by atoms with Gasteiger partial charge in [0.1, 0.15) is 0 Å². The van der Waals surface area contributed by atoms with Crippen molar-refractivity contribution in [3.63, 3.8) is 0 Å². The van der Waals surface area contributed by atoms with Crippen LogP contribution in [-0.4, -0.2) is 30.5 Å². The SMILES string of the molecule is Cl.O=C(Cc1cccc([N+](=O)[O-])c1)NCC1CCNC1. The normalized spacial score (nSPS) is 17.3. The van der Waals surface area contributed by atoms with Crippen molar-refractivity contribution in [1.29, 1.82) is 0 Å². The number of nitro groups is 1. The van der Waals surface area contributed by atoms with Crippen molar-refractivity contribution in [2.45, 2.75) is 12.8 Å². The van der Waals surface area contributed by atoms with E-state index in [-0.39, 0.29) is 30.4 Å². The van der Waals surface area contributed by atoms with Crippen LogP contribution in [0.3, 0.4) is 0 Å². The van der Waals surface area contributed by atoms with Gasteiger partial charge in [0.2, 0.25) is 5.91 Å². The van der Waals surface area contributed by atoms with Gasteiger partial charge in [-0.15, -0.1) is 12.4 Å². The van der Waals surface area contributed by atoms with Crippen LogP contribution >= 0.6 is 12.4 Å². The van der Waals surface area contributed by atoms with E-state index in [4.69, 9.17) is 0 Å². The molecule has 7 heteroatoms. The van der Waals surface area contributed by atoms with Crippen LogP contribution in [0.1, 0.15) is 12.0 Å². The molecular weight excluding hydrogens is 282 g/mol. The van der Waals surface area contributed by atoms with E-state index in [2.05, 4.69) is 10.6 Å². The average molecular weight is 300 g/mol. The number of nitro benzene ring substituents is 1. The molecule has 6 nitrogen and oxygen atoms in total. The fourth-order valence-electron chi connectivity index (χ4n) is 2.17. The Labute approximate surface area is 123 Å². The Hall–Kier alpha value is -1.66. The third-order valence-electron chi connectivity index (χ3n) is 3.24. The molecule has 0 aliphatic carbocycles. The summed E-state index contributed by atoms with van der Waals surface area (Å²) in [4.78, 5) is 21.9. The Morgan fingerprint density at radius 3 is 2.95 bits per heavy atom. The lowest BCUT2D eigenvalue weighted by Gasteiger charge is -2.09. The fourth-order valence-corrected chi connectivity index (χ4v) is 2.17. The first-order chi connectivity index (χ1) is 9.15. The lowest BCUT2D eigenvalue weighted by Crippen LogP contribution is -2.31. The summed E-state index contributed by atoms with van der Waals surface area (Å²) in [6.07, 6.45) is 1.26. The van der Waals surface area contributed by atoms with Crippen molar-refractivity contribution in [3.05, 3.63) is 39.9 Å². The fraction of sp³-hybridized carbons (Fsp3) is 0.462. The third kappa shape index (κ3) is 4.79. The van der Waals surface area contributed by atoms with Crippen molar-refractivity contribution < 1.29 is 9.72 Å². The Morgan fingerprint density at radius 2 is 2.30 bits per heavy atom. The van der Waals surface area contributed by atoms with Crippen molar-refractivity contribution in [1.82, 2.24) is 10.6 Å². The number of nitrogens with one attached hydrogen (secondary N) is 2. The molecule has 1 heterocycles. The molecule has 0 spiro atoms. The highest BCUT2D eigenvalue weighted by Gasteiger charge is 2.15. The first-order valence-electron chi connectivity index (χ1n) is 6.36. The van der Waals surface area contributed by atoms with Crippen LogP contribution in [0.2, 0.25) is 0 Å². The molecule has 1 aromatic rings. The molecule has 20 heavy (non-hydrogen) atoms. The van der Waals surface area contributed by atoms with Gasteiger partial charge in [-0.05, 0) is 31.0 Å². The monoisotopic (exact) mass is 299 g/mol. The van der Waals surface area contributed by atoms with Gasteiger partial charge in [-0.3, -0.25) is 14.9 Å². The predicted molar refractivity (Wildman–Crippen MR) is 78.0 cm³/mol. The minimum Gasteiger partial charge on any atom is -0.355 e. The maximum absolute atomic E-state index is 11.7. The van der Waals surface area contributed by atoms with Crippen LogP contribution in [0, 0.1) is 16.0 Å². The van der Waals surface area contributed by atoms with E-state index in [1.807, 2.05) is 0 Å². The number of nitrogens with zero attached hydrogens (tertiary/aromatic N) is 1. The van der Waals surface area contributed by atoms with E-state index in [9.17, 15) is 14.9 Å². The third-order valence-corrected chi connectivity index (χ3v) is 3.24. The summed E-state index contributed by atoms with van der Waals surface area (Å²) in [6, 6.07) is 6.19. The summed E-state index contributed by atoms with van der Waals surface area (Å²) in [5.74, 6) is 0.404. The zero-order valence-corrected chi connectivity index (χ0v) is 11.8. The molecule has 1 saturated heterocycles. The van der Waals surface area contributed by atoms with Gasteiger partial charge in [0, 0.05) is 18.7 Å². The first kappa shape index (κ1) is 16.4. The Kier molecular flexibility index (Phi) is 6.41. The Balaban J connectivity index is 0.00000200. The van der Waals surface area contributed by atoms with E-state index < -0.39 is 4.92 Å². The lowest BCUT2D eigenvalue weighted by molar-refractivity contribution is -0.384. The van der Waals surface area contributed by atoms with E-state index in [1.165, 1.54) is 12.1 Å². The summed E-state index contributed by atoms with van der Waals surface area (Å²) >= 11 is 0. The maximum Gasteiger partial charge on any atom is 0.269 e. The first-order valence-corrected chi connectivity index (χ1v) is 6.36. The number of carbonyl (C=O) groups excluding carboxylic acids is 1. The van der Waals surface area contributed by atoms with Gasteiger partial charge in [-0.2, -0.15) is 0 Å². The van der Waals surface area contributed by atoms with Gasteiger partial charge >= 0.3 is 0 Å². The molecule has 2 rings (SSSR count). The highest BCUT2D eigenvalue weighted by Crippen LogP contribution is 2.13. The number of rotatable bonds is 5. The smallest absolute Gasteiger partial charge is 0.269 e. The molecule has 0 aromatic heterocycles. The van der Waals surface area contributed by atoms with Crippen LogP contribution in [0.15, 0.2) is 24.3 Å². The number of halogens is 1. The number of amides is 1. The molecule has 0 bridgehead atoms. The molecule has 1 unspecified atom stereocenters. The van der Waals surface area contributed by atoms with Crippen LogP contribution in [0.4, 0.5) is 5.69 Å². The van der Waals surface area contributed by atoms with Gasteiger partial charge < -0.3 is 10.6 Å². The number of carbonyl (C=O) groups is 1. The maximum atomic E-state index is 11.7. The van der Waals surface area contributed by atoms with Gasteiger partial charge in [0.15, 0.2) is 0 Å². The molecule has 0 saturated carbocycles. The lowest BCUT2D eigenvalue weighted by atomic mass is 10.1. The molecule has 1 amide bonds. The van der Waals surface area contributed by atoms with E-state index in [1.54, 1.807) is 12.1 Å². The molecule has 2 N–H and O–H groups in total. The summed E-state index contributed by atoms with van der Waals surface area (Å²) < 4.78 is 0. The quantitative estimate of drug-likeness (QED) is 0.634. The van der Waals surface area contributed by atoms with Crippen LogP contribution in [0.5, 0.6) is 0 Å². The minimum atomic E-state index is -0.453. The largest absolute Gasteiger partial charge is 0.355 e. The van der Waals surface area contributed by atoms with E-state index >= 15 is 0 Å². The van der Waals surface area contributed by atoms with E-state index in [0.717, 1.165) is 19.5 Å². The molecular formula is C13H18ClN3O3. The zero-order valence-electron chi connectivity index (χ0n) is 11.0. The second-order valence-corrected chi connectivity index (χ2v) is 4.77. The molecule has 1 atom stereocenters. The van der Waals surface area contributed by atoms with Gasteiger partial charge in [0.25, 0.3) is 5.69 Å². The second kappa shape index (κ2) is 7.81. The zero-order chi connectivity index (χ0) is 13.7. The Morgan fingerprint density at radius 1 is 1.50 bits per heavy atom. The summed E-state index contributed by atoms with van der Waals surface area (Å²) in [7, 11) is 0. The Bertz CT molecular complexity index is 476. The molecule has 0 radical (unpaired) electrons.